The topological polar surface area (TPSA) is 0 Å². The Morgan fingerprint density at radius 1 is 1.31 bits per heavy atom. The van der Waals surface area contributed by atoms with Crippen LogP contribution < -0.4 is 0 Å². The van der Waals surface area contributed by atoms with Crippen LogP contribution in [0.2, 0.25) is 0 Å². The van der Waals surface area contributed by atoms with Crippen LogP contribution in [-0.4, -0.2) is 0 Å². The smallest absolute Gasteiger partial charge is 0.0248 e. The van der Waals surface area contributed by atoms with E-state index < -0.39 is 0 Å². The van der Waals surface area contributed by atoms with E-state index in [2.05, 4.69) is 37.6 Å². The second-order valence-corrected chi connectivity index (χ2v) is 3.78. The minimum atomic E-state index is 0.923. The number of rotatable bonds is 2. The van der Waals surface area contributed by atoms with Gasteiger partial charge in [0.15, 0.2) is 0 Å². The van der Waals surface area contributed by atoms with E-state index in [1.54, 1.807) is 0 Å². The summed E-state index contributed by atoms with van der Waals surface area (Å²) in [6, 6.07) is 10.4. The summed E-state index contributed by atoms with van der Waals surface area (Å²) in [7, 11) is 0. The molecular formula is C16H14. The van der Waals surface area contributed by atoms with Crippen LogP contribution in [0.1, 0.15) is 23.6 Å². The van der Waals surface area contributed by atoms with Gasteiger partial charge in [0.2, 0.25) is 0 Å². The van der Waals surface area contributed by atoms with Crippen molar-refractivity contribution in [3.8, 4) is 12.3 Å². The van der Waals surface area contributed by atoms with Gasteiger partial charge in [0.05, 0.1) is 0 Å². The van der Waals surface area contributed by atoms with E-state index >= 15 is 0 Å². The third-order valence-corrected chi connectivity index (χ3v) is 2.90. The Morgan fingerprint density at radius 2 is 2.12 bits per heavy atom. The van der Waals surface area contributed by atoms with Gasteiger partial charge in [0.25, 0.3) is 0 Å². The molecule has 78 valence electrons. The monoisotopic (exact) mass is 206 g/mol. The molecule has 0 aliphatic carbocycles. The molecule has 2 aromatic rings. The first-order valence-electron chi connectivity index (χ1n) is 5.44. The third-order valence-electron chi connectivity index (χ3n) is 2.90. The number of benzene rings is 2. The minimum absolute atomic E-state index is 0.923. The van der Waals surface area contributed by atoms with Crippen molar-refractivity contribution in [1.29, 1.82) is 0 Å². The lowest BCUT2D eigenvalue weighted by Crippen LogP contribution is -1.88. The van der Waals surface area contributed by atoms with E-state index in [4.69, 9.17) is 6.42 Å². The highest BCUT2D eigenvalue weighted by atomic mass is 14.1. The summed E-state index contributed by atoms with van der Waals surface area (Å²) in [5.74, 6) is 2.66. The zero-order valence-electron chi connectivity index (χ0n) is 9.46. The number of hydrogen-bond acceptors (Lipinski definition) is 0. The van der Waals surface area contributed by atoms with Gasteiger partial charge in [-0.15, -0.1) is 6.42 Å². The Balaban J connectivity index is 2.80. The van der Waals surface area contributed by atoms with E-state index in [-0.39, 0.29) is 0 Å². The Bertz CT molecular complexity index is 583. The first-order valence-corrected chi connectivity index (χ1v) is 5.44. The molecular weight excluding hydrogens is 192 g/mol. The maximum absolute atomic E-state index is 5.40. The molecule has 2 aromatic carbocycles. The largest absolute Gasteiger partial charge is 0.115 e. The molecule has 0 saturated carbocycles. The molecule has 0 atom stereocenters. The molecule has 2 rings (SSSR count). The fourth-order valence-corrected chi connectivity index (χ4v) is 2.04. The van der Waals surface area contributed by atoms with E-state index in [0.717, 1.165) is 12.0 Å². The summed E-state index contributed by atoms with van der Waals surface area (Å²) in [5, 5.41) is 2.41. The Hall–Kier alpha value is -2.00. The molecule has 0 amide bonds. The van der Waals surface area contributed by atoms with Crippen LogP contribution in [0.25, 0.3) is 16.8 Å². The third kappa shape index (κ3) is 1.61. The molecule has 0 aromatic heterocycles. The van der Waals surface area contributed by atoms with Gasteiger partial charge in [0.1, 0.15) is 0 Å². The lowest BCUT2D eigenvalue weighted by molar-refractivity contribution is 1.14. The number of terminal acetylenes is 1. The number of aryl methyl sites for hydroxylation is 1. The van der Waals surface area contributed by atoms with Crippen LogP contribution in [-0.2, 0) is 6.42 Å². The average Bonchev–Trinajstić information content (AvgIpc) is 2.36. The Kier molecular flexibility index (Phi) is 2.79. The highest BCUT2D eigenvalue weighted by Crippen LogP contribution is 2.25. The molecule has 0 radical (unpaired) electrons. The van der Waals surface area contributed by atoms with E-state index in [0.29, 0.717) is 0 Å². The normalized spacial score (nSPS) is 10.0. The van der Waals surface area contributed by atoms with Crippen LogP contribution in [0.15, 0.2) is 36.9 Å². The molecule has 0 bridgehead atoms. The second-order valence-electron chi connectivity index (χ2n) is 3.78. The maximum Gasteiger partial charge on any atom is 0.0248 e. The van der Waals surface area contributed by atoms with E-state index in [1.807, 2.05) is 18.2 Å². The van der Waals surface area contributed by atoms with Gasteiger partial charge in [-0.2, -0.15) is 0 Å². The van der Waals surface area contributed by atoms with Crippen LogP contribution in [0, 0.1) is 12.3 Å². The summed E-state index contributed by atoms with van der Waals surface area (Å²) < 4.78 is 0. The van der Waals surface area contributed by atoms with E-state index in [1.165, 1.54) is 21.9 Å². The zero-order chi connectivity index (χ0) is 11.5. The SMILES string of the molecule is C#Cc1ccc2c(C=C)c(CC)ccc2c1. The molecule has 0 N–H and O–H groups in total. The average molecular weight is 206 g/mol. The molecule has 16 heavy (non-hydrogen) atoms. The summed E-state index contributed by atoms with van der Waals surface area (Å²) >= 11 is 0. The van der Waals surface area contributed by atoms with Crippen molar-refractivity contribution < 1.29 is 0 Å². The molecule has 0 aliphatic rings. The number of fused-ring (bicyclic) bond motifs is 1. The van der Waals surface area contributed by atoms with Gasteiger partial charge in [-0.3, -0.25) is 0 Å². The van der Waals surface area contributed by atoms with Crippen molar-refractivity contribution in [2.45, 2.75) is 13.3 Å². The van der Waals surface area contributed by atoms with Crippen molar-refractivity contribution in [3.05, 3.63) is 53.6 Å². The van der Waals surface area contributed by atoms with Gasteiger partial charge < -0.3 is 0 Å². The van der Waals surface area contributed by atoms with Gasteiger partial charge in [0, 0.05) is 5.56 Å². The lowest BCUT2D eigenvalue weighted by atomic mass is 9.96. The molecule has 0 fully saturated rings. The van der Waals surface area contributed by atoms with Crippen molar-refractivity contribution in [2.24, 2.45) is 0 Å². The van der Waals surface area contributed by atoms with Gasteiger partial charge in [-0.05, 0) is 40.5 Å². The van der Waals surface area contributed by atoms with Gasteiger partial charge >= 0.3 is 0 Å². The van der Waals surface area contributed by atoms with Crippen LogP contribution >= 0.6 is 0 Å². The van der Waals surface area contributed by atoms with Gasteiger partial charge in [-0.25, -0.2) is 0 Å². The fourth-order valence-electron chi connectivity index (χ4n) is 2.04. The van der Waals surface area contributed by atoms with Crippen LogP contribution in [0.5, 0.6) is 0 Å². The second kappa shape index (κ2) is 4.24. The first kappa shape index (κ1) is 10.5. The first-order chi connectivity index (χ1) is 7.80. The van der Waals surface area contributed by atoms with Crippen molar-refractivity contribution in [3.63, 3.8) is 0 Å². The standard InChI is InChI=1S/C16H14/c1-4-12-7-10-16-14(11-12)9-8-13(5-2)15(16)6-3/h1,6-11H,3,5H2,2H3. The molecule has 0 heterocycles. The van der Waals surface area contributed by atoms with Crippen molar-refractivity contribution >= 4 is 16.8 Å². The molecule has 0 unspecified atom stereocenters. The summed E-state index contributed by atoms with van der Waals surface area (Å²) in [5.41, 5.74) is 3.48. The zero-order valence-corrected chi connectivity index (χ0v) is 9.46. The fraction of sp³-hybridized carbons (Fsp3) is 0.125. The minimum Gasteiger partial charge on any atom is -0.115 e. The highest BCUT2D eigenvalue weighted by Gasteiger charge is 2.03. The molecule has 0 saturated heterocycles. The quantitative estimate of drug-likeness (QED) is 0.651. The summed E-state index contributed by atoms with van der Waals surface area (Å²) in [4.78, 5) is 0. The van der Waals surface area contributed by atoms with Crippen molar-refractivity contribution in [1.82, 2.24) is 0 Å². The summed E-state index contributed by atoms with van der Waals surface area (Å²) in [6.07, 6.45) is 8.35. The Labute approximate surface area is 96.6 Å². The number of hydrogen-bond donors (Lipinski definition) is 0. The molecule has 0 spiro atoms. The van der Waals surface area contributed by atoms with Crippen molar-refractivity contribution in [2.75, 3.05) is 0 Å². The summed E-state index contributed by atoms with van der Waals surface area (Å²) in [6.45, 7) is 6.05. The van der Waals surface area contributed by atoms with E-state index in [9.17, 15) is 0 Å². The lowest BCUT2D eigenvalue weighted by Gasteiger charge is -2.08. The predicted octanol–water partition coefficient (Wildman–Crippen LogP) is 4.03. The molecule has 0 heteroatoms. The Morgan fingerprint density at radius 3 is 2.75 bits per heavy atom. The predicted molar refractivity (Wildman–Crippen MR) is 71.4 cm³/mol. The van der Waals surface area contributed by atoms with Crippen LogP contribution in [0.4, 0.5) is 0 Å². The van der Waals surface area contributed by atoms with Crippen LogP contribution in [0.3, 0.4) is 0 Å². The maximum atomic E-state index is 5.40. The highest BCUT2D eigenvalue weighted by molar-refractivity contribution is 5.92. The molecule has 0 nitrogen and oxygen atoms in total. The molecule has 0 aliphatic heterocycles. The van der Waals surface area contributed by atoms with Gasteiger partial charge in [-0.1, -0.05) is 43.7 Å².